The van der Waals surface area contributed by atoms with Crippen LogP contribution in [0.5, 0.6) is 0 Å². The Bertz CT molecular complexity index is 1010. The summed E-state index contributed by atoms with van der Waals surface area (Å²) in [6.45, 7) is 7.59. The summed E-state index contributed by atoms with van der Waals surface area (Å²) in [6, 6.07) is 7.51. The molecule has 3 N–H and O–H groups in total. The van der Waals surface area contributed by atoms with E-state index in [0.717, 1.165) is 29.7 Å². The van der Waals surface area contributed by atoms with Crippen LogP contribution in [-0.2, 0) is 9.59 Å². The van der Waals surface area contributed by atoms with Gasteiger partial charge >= 0.3 is 0 Å². The van der Waals surface area contributed by atoms with Crippen molar-refractivity contribution in [2.75, 3.05) is 50.7 Å². The fourth-order valence-corrected chi connectivity index (χ4v) is 6.67. The van der Waals surface area contributed by atoms with Crippen molar-refractivity contribution >= 4 is 46.2 Å². The molecule has 2 aromatic rings. The molecular formula is C24H33N5O5S. The molecule has 6 aliphatic heterocycles. The third-order valence-corrected chi connectivity index (χ3v) is 8.44. The summed E-state index contributed by atoms with van der Waals surface area (Å²) in [5.74, 6) is 0.637. The molecule has 6 aliphatic rings. The zero-order valence-corrected chi connectivity index (χ0v) is 20.5. The van der Waals surface area contributed by atoms with Crippen molar-refractivity contribution in [1.82, 2.24) is 19.5 Å². The Morgan fingerprint density at radius 1 is 0.971 bits per heavy atom. The second-order valence-electron chi connectivity index (χ2n) is 9.41. The Morgan fingerprint density at radius 2 is 1.63 bits per heavy atom. The lowest BCUT2D eigenvalue weighted by Gasteiger charge is -2.44. The minimum Gasteiger partial charge on any atom is -0.483 e. The van der Waals surface area contributed by atoms with Crippen molar-refractivity contribution in [3.8, 4) is 0 Å². The predicted octanol–water partition coefficient (Wildman–Crippen LogP) is 1.81. The summed E-state index contributed by atoms with van der Waals surface area (Å²) in [4.78, 5) is 37.4. The summed E-state index contributed by atoms with van der Waals surface area (Å²) in [6.07, 6.45) is 4.93. The second-order valence-corrected chi connectivity index (χ2v) is 10.2. The normalized spacial score (nSPS) is 28.7. The van der Waals surface area contributed by atoms with Gasteiger partial charge in [-0.05, 0) is 74.4 Å². The van der Waals surface area contributed by atoms with Crippen LogP contribution in [0.4, 0.5) is 5.69 Å². The Labute approximate surface area is 208 Å². The molecule has 1 amide bonds. The van der Waals surface area contributed by atoms with Crippen LogP contribution in [0.2, 0.25) is 0 Å². The zero-order valence-electron chi connectivity index (χ0n) is 19.7. The van der Waals surface area contributed by atoms with Crippen LogP contribution in [0.1, 0.15) is 36.2 Å². The van der Waals surface area contributed by atoms with Gasteiger partial charge in [-0.1, -0.05) is 0 Å². The second kappa shape index (κ2) is 11.8. The number of hydrogen-bond acceptors (Lipinski definition) is 8. The minimum absolute atomic E-state index is 0.00366. The Hall–Kier alpha value is -2.76. The Kier molecular flexibility index (Phi) is 8.53. The standard InChI is InChI=1S/C22H29N5OS.2CH2O2/c28-22(23-19-14-26-7-3-15(19)4-8-26)21-18-2-1-17(13-20(18)29-24-21)27-12-11-25-9-5-16(27)6-10-25;2*2-1-3/h1-2,13,15-16,19H,3-12,14H2,(H,23,28);2*1H,(H,2,3)/t19-;;/m0../s1. The highest BCUT2D eigenvalue weighted by molar-refractivity contribution is 7.13. The highest BCUT2D eigenvalue weighted by Gasteiger charge is 2.35. The Balaban J connectivity index is 0.000000440. The fraction of sp³-hybridized carbons (Fsp3) is 0.583. The first-order valence-corrected chi connectivity index (χ1v) is 12.9. The largest absolute Gasteiger partial charge is 0.483 e. The van der Waals surface area contributed by atoms with E-state index in [0.29, 0.717) is 17.7 Å². The first kappa shape index (κ1) is 25.3. The summed E-state index contributed by atoms with van der Waals surface area (Å²) >= 11 is 1.46. The maximum absolute atomic E-state index is 13.0. The maximum Gasteiger partial charge on any atom is 0.290 e. The van der Waals surface area contributed by atoms with E-state index in [4.69, 9.17) is 19.8 Å². The Morgan fingerprint density at radius 3 is 2.26 bits per heavy atom. The van der Waals surface area contributed by atoms with Gasteiger partial charge in [0, 0.05) is 55.9 Å². The molecule has 4 bridgehead atoms. The topological polar surface area (TPSA) is 126 Å². The van der Waals surface area contributed by atoms with Crippen LogP contribution in [0.25, 0.3) is 10.1 Å². The van der Waals surface area contributed by atoms with Gasteiger partial charge in [0.1, 0.15) is 5.69 Å². The SMILES string of the molecule is O=C(N[C@H]1CN2CCC1CC2)c1nsc2cc(N3CCN4CCC3CC4)ccc12.O=CO.O=CO. The molecule has 6 fully saturated rings. The van der Waals surface area contributed by atoms with Gasteiger partial charge in [0.05, 0.1) is 4.70 Å². The van der Waals surface area contributed by atoms with Crippen LogP contribution in [0, 0.1) is 5.92 Å². The number of benzene rings is 1. The molecule has 35 heavy (non-hydrogen) atoms. The van der Waals surface area contributed by atoms with Gasteiger partial charge in [-0.25, -0.2) is 0 Å². The van der Waals surface area contributed by atoms with Gasteiger partial charge in [0.15, 0.2) is 0 Å². The molecule has 11 heteroatoms. The molecule has 8 rings (SSSR count). The first-order valence-electron chi connectivity index (χ1n) is 12.1. The lowest BCUT2D eigenvalue weighted by atomic mass is 9.84. The first-order chi connectivity index (χ1) is 17.1. The molecule has 7 heterocycles. The number of carbonyl (C=O) groups excluding carboxylic acids is 1. The summed E-state index contributed by atoms with van der Waals surface area (Å²) in [5.41, 5.74) is 1.90. The molecule has 0 aliphatic carbocycles. The van der Waals surface area contributed by atoms with E-state index in [9.17, 15) is 4.79 Å². The van der Waals surface area contributed by atoms with E-state index in [1.165, 1.54) is 69.1 Å². The number of carbonyl (C=O) groups is 3. The molecule has 1 aromatic heterocycles. The number of nitrogens with one attached hydrogen (secondary N) is 1. The number of amides is 1. The van der Waals surface area contributed by atoms with Crippen molar-refractivity contribution in [3.05, 3.63) is 23.9 Å². The highest BCUT2D eigenvalue weighted by Crippen LogP contribution is 2.33. The van der Waals surface area contributed by atoms with Gasteiger partial charge in [-0.15, -0.1) is 0 Å². The molecular weight excluding hydrogens is 470 g/mol. The summed E-state index contributed by atoms with van der Waals surface area (Å²) in [7, 11) is 0. The number of piperidine rings is 4. The van der Waals surface area contributed by atoms with Gasteiger partial charge in [0.2, 0.25) is 0 Å². The molecule has 190 valence electrons. The molecule has 0 spiro atoms. The molecule has 0 radical (unpaired) electrons. The molecule has 0 saturated carbocycles. The van der Waals surface area contributed by atoms with Crippen molar-refractivity contribution < 1.29 is 24.6 Å². The van der Waals surface area contributed by atoms with Crippen molar-refractivity contribution in [3.63, 3.8) is 0 Å². The van der Waals surface area contributed by atoms with Gasteiger partial charge < -0.3 is 30.2 Å². The monoisotopic (exact) mass is 503 g/mol. The number of hydrogen-bond donors (Lipinski definition) is 3. The highest BCUT2D eigenvalue weighted by atomic mass is 32.1. The van der Waals surface area contributed by atoms with E-state index >= 15 is 0 Å². The number of rotatable bonds is 3. The van der Waals surface area contributed by atoms with Gasteiger partial charge in [0.25, 0.3) is 18.9 Å². The van der Waals surface area contributed by atoms with E-state index in [-0.39, 0.29) is 24.9 Å². The third-order valence-electron chi connectivity index (χ3n) is 7.63. The average Bonchev–Trinajstić information content (AvgIpc) is 3.06. The lowest BCUT2D eigenvalue weighted by molar-refractivity contribution is -0.123. The lowest BCUT2D eigenvalue weighted by Crippen LogP contribution is -2.57. The summed E-state index contributed by atoms with van der Waals surface area (Å²) < 4.78 is 5.69. The van der Waals surface area contributed by atoms with E-state index in [1.807, 2.05) is 0 Å². The van der Waals surface area contributed by atoms with Crippen LogP contribution in [-0.4, -0.2) is 101 Å². The van der Waals surface area contributed by atoms with Crippen LogP contribution < -0.4 is 10.2 Å². The van der Waals surface area contributed by atoms with Gasteiger partial charge in [-0.2, -0.15) is 4.37 Å². The van der Waals surface area contributed by atoms with E-state index < -0.39 is 0 Å². The fourth-order valence-electron chi connectivity index (χ4n) is 5.86. The summed E-state index contributed by atoms with van der Waals surface area (Å²) in [5, 5.41) is 18.1. The van der Waals surface area contributed by atoms with Crippen molar-refractivity contribution in [2.24, 2.45) is 5.92 Å². The maximum atomic E-state index is 13.0. The molecule has 10 nitrogen and oxygen atoms in total. The number of nitrogens with zero attached hydrogens (tertiary/aromatic N) is 4. The van der Waals surface area contributed by atoms with Crippen molar-refractivity contribution in [1.29, 1.82) is 0 Å². The number of anilines is 1. The quantitative estimate of drug-likeness (QED) is 0.538. The van der Waals surface area contributed by atoms with Gasteiger partial charge in [-0.3, -0.25) is 14.4 Å². The van der Waals surface area contributed by atoms with E-state index in [2.05, 4.69) is 42.6 Å². The van der Waals surface area contributed by atoms with Crippen LogP contribution >= 0.6 is 11.5 Å². The van der Waals surface area contributed by atoms with Crippen LogP contribution in [0.3, 0.4) is 0 Å². The molecule has 1 atom stereocenters. The minimum atomic E-state index is -0.250. The predicted molar refractivity (Wildman–Crippen MR) is 134 cm³/mol. The third kappa shape index (κ3) is 5.74. The molecule has 0 unspecified atom stereocenters. The van der Waals surface area contributed by atoms with E-state index in [1.54, 1.807) is 0 Å². The molecule has 6 saturated heterocycles. The molecule has 1 aromatic carbocycles. The number of aromatic nitrogens is 1. The average molecular weight is 504 g/mol. The van der Waals surface area contributed by atoms with Crippen LogP contribution in [0.15, 0.2) is 18.2 Å². The number of carboxylic acid groups (broad SMARTS) is 2. The zero-order chi connectivity index (χ0) is 24.8. The number of fused-ring (bicyclic) bond motifs is 8. The van der Waals surface area contributed by atoms with Crippen molar-refractivity contribution in [2.45, 2.75) is 37.8 Å². The smallest absolute Gasteiger partial charge is 0.290 e.